The van der Waals surface area contributed by atoms with E-state index in [1.807, 2.05) is 0 Å². The van der Waals surface area contributed by atoms with Gasteiger partial charge in [-0.25, -0.2) is 17.2 Å². The van der Waals surface area contributed by atoms with Crippen LogP contribution in [0.3, 0.4) is 0 Å². The number of hydrogen-bond donors (Lipinski definition) is 0. The molecule has 132 valence electrons. The molecule has 2 aromatic rings. The van der Waals surface area contributed by atoms with Crippen molar-refractivity contribution in [1.29, 1.82) is 0 Å². The number of carbonyl (C=O) groups is 1. The van der Waals surface area contributed by atoms with Crippen molar-refractivity contribution in [3.63, 3.8) is 0 Å². The summed E-state index contributed by atoms with van der Waals surface area (Å²) in [4.78, 5) is 14.2. The van der Waals surface area contributed by atoms with E-state index in [0.29, 0.717) is 12.0 Å². The maximum Gasteiger partial charge on any atom is 0.254 e. The number of benzene rings is 2. The largest absolute Gasteiger partial charge is 0.330 e. The van der Waals surface area contributed by atoms with Crippen LogP contribution in [0, 0.1) is 11.6 Å². The monoisotopic (exact) mass is 365 g/mol. The van der Waals surface area contributed by atoms with Gasteiger partial charge in [-0.05, 0) is 36.8 Å². The first-order valence-electron chi connectivity index (χ1n) is 7.86. The highest BCUT2D eigenvalue weighted by molar-refractivity contribution is 7.91. The molecule has 1 saturated heterocycles. The number of amides is 1. The standard InChI is InChI=1S/C18H17F2NO3S/c19-15-7-5-13(6-8-15)18(22)21(16-9-10-25(23,24)12-16)11-14-3-1-2-4-17(14)20/h1-8,16H,9-12H2. The van der Waals surface area contributed by atoms with E-state index in [-0.39, 0.29) is 23.6 Å². The average molecular weight is 365 g/mol. The smallest absolute Gasteiger partial charge is 0.254 e. The van der Waals surface area contributed by atoms with E-state index in [1.54, 1.807) is 18.2 Å². The Kier molecular flexibility index (Phi) is 4.85. The zero-order valence-electron chi connectivity index (χ0n) is 13.4. The lowest BCUT2D eigenvalue weighted by Crippen LogP contribution is -2.40. The van der Waals surface area contributed by atoms with Gasteiger partial charge < -0.3 is 4.90 Å². The molecular weight excluding hydrogens is 348 g/mol. The summed E-state index contributed by atoms with van der Waals surface area (Å²) in [5, 5.41) is 0. The summed E-state index contributed by atoms with van der Waals surface area (Å²) in [5.41, 5.74) is 0.546. The van der Waals surface area contributed by atoms with Crippen molar-refractivity contribution in [3.05, 3.63) is 71.3 Å². The molecule has 1 amide bonds. The molecule has 1 atom stereocenters. The summed E-state index contributed by atoms with van der Waals surface area (Å²) >= 11 is 0. The fourth-order valence-electron chi connectivity index (χ4n) is 2.96. The fourth-order valence-corrected chi connectivity index (χ4v) is 4.69. The summed E-state index contributed by atoms with van der Waals surface area (Å²) in [7, 11) is -3.21. The number of carbonyl (C=O) groups excluding carboxylic acids is 1. The molecule has 1 fully saturated rings. The van der Waals surface area contributed by atoms with Crippen LogP contribution < -0.4 is 0 Å². The molecule has 0 saturated carbocycles. The van der Waals surface area contributed by atoms with Crippen molar-refractivity contribution < 1.29 is 22.0 Å². The van der Waals surface area contributed by atoms with Gasteiger partial charge in [-0.3, -0.25) is 4.79 Å². The van der Waals surface area contributed by atoms with Crippen molar-refractivity contribution in [2.75, 3.05) is 11.5 Å². The lowest BCUT2D eigenvalue weighted by molar-refractivity contribution is 0.0679. The molecule has 0 N–H and O–H groups in total. The van der Waals surface area contributed by atoms with E-state index < -0.39 is 33.4 Å². The van der Waals surface area contributed by atoms with Gasteiger partial charge in [0.2, 0.25) is 0 Å². The molecule has 0 aromatic heterocycles. The van der Waals surface area contributed by atoms with E-state index in [9.17, 15) is 22.0 Å². The highest BCUT2D eigenvalue weighted by atomic mass is 32.2. The molecule has 25 heavy (non-hydrogen) atoms. The molecule has 1 heterocycles. The number of rotatable bonds is 4. The van der Waals surface area contributed by atoms with Crippen LogP contribution >= 0.6 is 0 Å². The summed E-state index contributed by atoms with van der Waals surface area (Å²) in [5.74, 6) is -1.51. The van der Waals surface area contributed by atoms with Crippen molar-refractivity contribution in [1.82, 2.24) is 4.90 Å². The van der Waals surface area contributed by atoms with E-state index in [0.717, 1.165) is 0 Å². The topological polar surface area (TPSA) is 54.5 Å². The van der Waals surface area contributed by atoms with Crippen molar-refractivity contribution in [2.24, 2.45) is 0 Å². The Morgan fingerprint density at radius 2 is 1.76 bits per heavy atom. The van der Waals surface area contributed by atoms with E-state index >= 15 is 0 Å². The van der Waals surface area contributed by atoms with Crippen molar-refractivity contribution in [3.8, 4) is 0 Å². The maximum absolute atomic E-state index is 14.0. The van der Waals surface area contributed by atoms with Gasteiger partial charge in [0.1, 0.15) is 11.6 Å². The summed E-state index contributed by atoms with van der Waals surface area (Å²) in [6.07, 6.45) is 0.309. The Morgan fingerprint density at radius 3 is 2.36 bits per heavy atom. The predicted molar refractivity (Wildman–Crippen MR) is 89.7 cm³/mol. The molecule has 1 aliphatic heterocycles. The third-order valence-corrected chi connectivity index (χ3v) is 6.05. The summed E-state index contributed by atoms with van der Waals surface area (Å²) < 4.78 is 50.7. The molecule has 1 unspecified atom stereocenters. The number of halogens is 2. The Morgan fingerprint density at radius 1 is 1.08 bits per heavy atom. The lowest BCUT2D eigenvalue weighted by atomic mass is 10.1. The second-order valence-electron chi connectivity index (χ2n) is 6.09. The molecule has 7 heteroatoms. The summed E-state index contributed by atoms with van der Waals surface area (Å²) in [6.45, 7) is -0.0386. The van der Waals surface area contributed by atoms with Crippen LogP contribution in [0.1, 0.15) is 22.3 Å². The van der Waals surface area contributed by atoms with Crippen LogP contribution in [0.25, 0.3) is 0 Å². The molecular formula is C18H17F2NO3S. The number of nitrogens with zero attached hydrogens (tertiary/aromatic N) is 1. The van der Waals surface area contributed by atoms with Crippen LogP contribution in [0.4, 0.5) is 8.78 Å². The van der Waals surface area contributed by atoms with Gasteiger partial charge in [-0.1, -0.05) is 18.2 Å². The van der Waals surface area contributed by atoms with Gasteiger partial charge in [0, 0.05) is 23.7 Å². The van der Waals surface area contributed by atoms with E-state index in [1.165, 1.54) is 35.2 Å². The first-order valence-corrected chi connectivity index (χ1v) is 9.68. The fraction of sp³-hybridized carbons (Fsp3) is 0.278. The third-order valence-electron chi connectivity index (χ3n) is 4.30. The van der Waals surface area contributed by atoms with Crippen molar-refractivity contribution in [2.45, 2.75) is 19.0 Å². The van der Waals surface area contributed by atoms with Gasteiger partial charge in [0.15, 0.2) is 9.84 Å². The number of sulfone groups is 1. The molecule has 0 radical (unpaired) electrons. The van der Waals surface area contributed by atoms with Gasteiger partial charge >= 0.3 is 0 Å². The maximum atomic E-state index is 14.0. The van der Waals surface area contributed by atoms with Gasteiger partial charge in [-0.2, -0.15) is 0 Å². The molecule has 0 bridgehead atoms. The first kappa shape index (κ1) is 17.5. The molecule has 0 spiro atoms. The Hall–Kier alpha value is -2.28. The van der Waals surface area contributed by atoms with Crippen molar-refractivity contribution >= 4 is 15.7 Å². The Labute approximate surface area is 145 Å². The zero-order valence-corrected chi connectivity index (χ0v) is 14.2. The molecule has 1 aliphatic rings. The van der Waals surface area contributed by atoms with Gasteiger partial charge in [0.05, 0.1) is 11.5 Å². The van der Waals surface area contributed by atoms with Gasteiger partial charge in [0.25, 0.3) is 5.91 Å². The van der Waals surface area contributed by atoms with E-state index in [2.05, 4.69) is 0 Å². The average Bonchev–Trinajstić information content (AvgIpc) is 2.94. The van der Waals surface area contributed by atoms with E-state index in [4.69, 9.17) is 0 Å². The number of hydrogen-bond acceptors (Lipinski definition) is 3. The minimum absolute atomic E-state index is 0.00212. The highest BCUT2D eigenvalue weighted by Gasteiger charge is 2.35. The predicted octanol–water partition coefficient (Wildman–Crippen LogP) is 2.79. The van der Waals surface area contributed by atoms with Crippen LogP contribution in [-0.2, 0) is 16.4 Å². The second kappa shape index (κ2) is 6.92. The normalized spacial score (nSPS) is 18.9. The van der Waals surface area contributed by atoms with Crippen LogP contribution in [-0.4, -0.2) is 36.8 Å². The molecule has 2 aromatic carbocycles. The second-order valence-corrected chi connectivity index (χ2v) is 8.32. The summed E-state index contributed by atoms with van der Waals surface area (Å²) in [6, 6.07) is 10.5. The highest BCUT2D eigenvalue weighted by Crippen LogP contribution is 2.23. The SMILES string of the molecule is O=C(c1ccc(F)cc1)N(Cc1ccccc1F)C1CCS(=O)(=O)C1. The Balaban J connectivity index is 1.92. The quantitative estimate of drug-likeness (QED) is 0.837. The van der Waals surface area contributed by atoms with Crippen LogP contribution in [0.15, 0.2) is 48.5 Å². The minimum atomic E-state index is -3.21. The van der Waals surface area contributed by atoms with Crippen LogP contribution in [0.2, 0.25) is 0 Å². The molecule has 3 rings (SSSR count). The van der Waals surface area contributed by atoms with Gasteiger partial charge in [-0.15, -0.1) is 0 Å². The third kappa shape index (κ3) is 4.04. The Bertz CT molecular complexity index is 881. The van der Waals surface area contributed by atoms with Crippen LogP contribution in [0.5, 0.6) is 0 Å². The lowest BCUT2D eigenvalue weighted by Gasteiger charge is -2.28. The molecule has 4 nitrogen and oxygen atoms in total. The minimum Gasteiger partial charge on any atom is -0.330 e. The first-order chi connectivity index (χ1) is 11.9. The zero-order chi connectivity index (χ0) is 18.0. The molecule has 0 aliphatic carbocycles.